The summed E-state index contributed by atoms with van der Waals surface area (Å²) in [4.78, 5) is 54.4. The summed E-state index contributed by atoms with van der Waals surface area (Å²) in [7, 11) is 1.57. The number of aliphatic hydroxyl groups excluding tert-OH is 1. The van der Waals surface area contributed by atoms with Crippen molar-refractivity contribution in [2.45, 2.75) is 38.3 Å². The van der Waals surface area contributed by atoms with E-state index in [1.807, 2.05) is 12.1 Å². The molecule has 3 heterocycles. The first kappa shape index (κ1) is 22.4. The third-order valence-corrected chi connectivity index (χ3v) is 7.99. The number of carbonyl (C=O) groups is 4. The van der Waals surface area contributed by atoms with Gasteiger partial charge >= 0.3 is 6.03 Å². The van der Waals surface area contributed by atoms with Gasteiger partial charge in [0.1, 0.15) is 5.75 Å². The molecule has 1 aromatic rings. The van der Waals surface area contributed by atoms with Crippen LogP contribution in [0.1, 0.15) is 19.4 Å². The Morgan fingerprint density at radius 2 is 1.79 bits per heavy atom. The number of nitrogens with one attached hydrogen (secondary N) is 3. The van der Waals surface area contributed by atoms with Crippen LogP contribution >= 0.6 is 0 Å². The van der Waals surface area contributed by atoms with E-state index in [9.17, 15) is 24.3 Å². The van der Waals surface area contributed by atoms with E-state index in [0.29, 0.717) is 5.75 Å². The first-order chi connectivity index (χ1) is 16.1. The van der Waals surface area contributed by atoms with Crippen LogP contribution in [0.25, 0.3) is 6.08 Å². The molecule has 5 amide bonds. The number of rotatable bonds is 4. The zero-order chi connectivity index (χ0) is 24.4. The number of ether oxygens (including phenoxy) is 1. The van der Waals surface area contributed by atoms with Crippen LogP contribution in [-0.2, 0) is 14.4 Å². The average Bonchev–Trinajstić information content (AvgIpc) is 2.98. The highest BCUT2D eigenvalue weighted by Gasteiger charge is 2.81. The fourth-order valence-corrected chi connectivity index (χ4v) is 6.00. The van der Waals surface area contributed by atoms with Crippen LogP contribution in [0.15, 0.2) is 30.3 Å². The van der Waals surface area contributed by atoms with Gasteiger partial charge in [-0.15, -0.1) is 0 Å². The van der Waals surface area contributed by atoms with E-state index in [1.165, 1.54) is 11.0 Å². The van der Waals surface area contributed by atoms with Gasteiger partial charge in [-0.05, 0) is 37.6 Å². The molecule has 0 spiro atoms. The number of fused-ring (bicyclic) bond motifs is 1. The molecule has 11 heteroatoms. The maximum atomic E-state index is 12.9. The van der Waals surface area contributed by atoms with E-state index >= 15 is 0 Å². The first-order valence-electron chi connectivity index (χ1n) is 11.1. The van der Waals surface area contributed by atoms with E-state index < -0.39 is 53.2 Å². The molecule has 1 aliphatic carbocycles. The van der Waals surface area contributed by atoms with Crippen LogP contribution in [0.5, 0.6) is 5.75 Å². The minimum Gasteiger partial charge on any atom is -0.497 e. The zero-order valence-electron chi connectivity index (χ0n) is 19.1. The van der Waals surface area contributed by atoms with Crippen molar-refractivity contribution in [3.8, 4) is 5.75 Å². The molecule has 0 aromatic heterocycles. The second-order valence-corrected chi connectivity index (χ2v) is 9.56. The summed E-state index contributed by atoms with van der Waals surface area (Å²) >= 11 is 0. The number of urea groups is 1. The molecular formula is C23H27N5O6. The van der Waals surface area contributed by atoms with Gasteiger partial charge in [0.15, 0.2) is 6.35 Å². The summed E-state index contributed by atoms with van der Waals surface area (Å²) in [6.07, 6.45) is 1.76. The van der Waals surface area contributed by atoms with Gasteiger partial charge in [-0.25, -0.2) is 4.79 Å². The number of methoxy groups -OCH3 is 1. The predicted octanol–water partition coefficient (Wildman–Crippen LogP) is -0.770. The predicted molar refractivity (Wildman–Crippen MR) is 119 cm³/mol. The molecule has 0 bridgehead atoms. The van der Waals surface area contributed by atoms with Gasteiger partial charge in [0.2, 0.25) is 17.7 Å². The number of carbonyl (C=O) groups excluding carboxylic acids is 4. The van der Waals surface area contributed by atoms with Crippen molar-refractivity contribution < 1.29 is 29.0 Å². The van der Waals surface area contributed by atoms with Crippen LogP contribution in [0.2, 0.25) is 0 Å². The van der Waals surface area contributed by atoms with Gasteiger partial charge < -0.3 is 25.4 Å². The van der Waals surface area contributed by atoms with Gasteiger partial charge in [-0.1, -0.05) is 12.1 Å². The van der Waals surface area contributed by atoms with Crippen LogP contribution in [0.3, 0.4) is 0 Å². The van der Waals surface area contributed by atoms with E-state index in [1.54, 1.807) is 44.1 Å². The standard InChI is InChI=1S/C23H27N5O6/c1-22-16-17-23(22,2)19(31)26-21(33)28(17)11-13(10-27(16)20(32)25-18(22)30)24-15(29)9-6-12-4-7-14(34-3)8-5-12/h4-9,13,16-17,20,32H,10-11H2,1-3H3,(H,24,29)(H,25,30)(H,26,31,33). The number of aliphatic hydroxyl groups is 1. The Morgan fingerprint density at radius 3 is 2.47 bits per heavy atom. The fraction of sp³-hybridized carbons (Fsp3) is 0.478. The molecule has 0 radical (unpaired) electrons. The Hall–Kier alpha value is -3.44. The molecule has 3 saturated heterocycles. The van der Waals surface area contributed by atoms with E-state index in [-0.39, 0.29) is 19.0 Å². The molecule has 11 nitrogen and oxygen atoms in total. The highest BCUT2D eigenvalue weighted by atomic mass is 16.5. The monoisotopic (exact) mass is 469 g/mol. The maximum absolute atomic E-state index is 12.9. The Kier molecular flexibility index (Phi) is 4.96. The highest BCUT2D eigenvalue weighted by molar-refractivity contribution is 6.07. The van der Waals surface area contributed by atoms with Gasteiger partial charge in [-0.3, -0.25) is 24.6 Å². The van der Waals surface area contributed by atoms with Crippen molar-refractivity contribution in [2.75, 3.05) is 20.2 Å². The average molecular weight is 469 g/mol. The summed E-state index contributed by atoms with van der Waals surface area (Å²) in [6.45, 7) is 3.68. The van der Waals surface area contributed by atoms with Crippen molar-refractivity contribution >= 4 is 29.8 Å². The van der Waals surface area contributed by atoms with E-state index in [2.05, 4.69) is 16.0 Å². The molecule has 4 N–H and O–H groups in total. The summed E-state index contributed by atoms with van der Waals surface area (Å²) in [5.41, 5.74) is -1.50. The van der Waals surface area contributed by atoms with E-state index in [4.69, 9.17) is 4.74 Å². The molecule has 1 saturated carbocycles. The second kappa shape index (κ2) is 7.54. The molecule has 4 aliphatic rings. The van der Waals surface area contributed by atoms with Crippen molar-refractivity contribution in [3.05, 3.63) is 35.9 Å². The van der Waals surface area contributed by atoms with Crippen molar-refractivity contribution in [1.29, 1.82) is 0 Å². The molecule has 6 unspecified atom stereocenters. The molecule has 1 aromatic carbocycles. The normalized spacial score (nSPS) is 36.7. The summed E-state index contributed by atoms with van der Waals surface area (Å²) in [5, 5.41) is 18.4. The van der Waals surface area contributed by atoms with Crippen molar-refractivity contribution in [2.24, 2.45) is 10.8 Å². The molecule has 6 atom stereocenters. The second-order valence-electron chi connectivity index (χ2n) is 9.56. The maximum Gasteiger partial charge on any atom is 0.324 e. The number of hydrogen-bond donors (Lipinski definition) is 4. The molecular weight excluding hydrogens is 442 g/mol. The number of imide groups is 1. The first-order valence-corrected chi connectivity index (χ1v) is 11.1. The summed E-state index contributed by atoms with van der Waals surface area (Å²) in [6, 6.07) is 4.93. The van der Waals surface area contributed by atoms with Crippen molar-refractivity contribution in [3.63, 3.8) is 0 Å². The fourth-order valence-electron chi connectivity index (χ4n) is 6.00. The lowest BCUT2D eigenvalue weighted by Gasteiger charge is -2.71. The lowest BCUT2D eigenvalue weighted by atomic mass is 9.42. The Morgan fingerprint density at radius 1 is 1.12 bits per heavy atom. The quantitative estimate of drug-likeness (QED) is 0.425. The Labute approximate surface area is 196 Å². The lowest BCUT2D eigenvalue weighted by molar-refractivity contribution is -0.244. The third kappa shape index (κ3) is 2.90. The third-order valence-electron chi connectivity index (χ3n) is 7.99. The summed E-state index contributed by atoms with van der Waals surface area (Å²) < 4.78 is 5.13. The molecule has 3 aliphatic heterocycles. The van der Waals surface area contributed by atoms with Gasteiger partial charge in [0, 0.05) is 19.2 Å². The largest absolute Gasteiger partial charge is 0.497 e. The van der Waals surface area contributed by atoms with Gasteiger partial charge in [-0.2, -0.15) is 0 Å². The number of hydrogen-bond acceptors (Lipinski definition) is 7. The number of nitrogens with zero attached hydrogens (tertiary/aromatic N) is 2. The van der Waals surface area contributed by atoms with Gasteiger partial charge in [0.05, 0.1) is 36.1 Å². The van der Waals surface area contributed by atoms with Crippen LogP contribution in [0.4, 0.5) is 4.79 Å². The smallest absolute Gasteiger partial charge is 0.324 e. The minimum absolute atomic E-state index is 0.130. The Bertz CT molecular complexity index is 1110. The summed E-state index contributed by atoms with van der Waals surface area (Å²) in [5.74, 6) is -0.605. The van der Waals surface area contributed by atoms with Crippen LogP contribution in [0, 0.1) is 10.8 Å². The topological polar surface area (TPSA) is 140 Å². The molecule has 4 fully saturated rings. The van der Waals surface area contributed by atoms with Crippen molar-refractivity contribution in [1.82, 2.24) is 25.8 Å². The Balaban J connectivity index is 1.39. The SMILES string of the molecule is COc1ccc(C=CC(=O)NC2CN3C(=O)NC(=O)C4(C)C3C3N(C2)C(O)NC(=O)C34C)cc1. The molecule has 34 heavy (non-hydrogen) atoms. The van der Waals surface area contributed by atoms with Gasteiger partial charge in [0.25, 0.3) is 0 Å². The van der Waals surface area contributed by atoms with Crippen LogP contribution in [-0.4, -0.2) is 83.3 Å². The molecule has 5 rings (SSSR count). The van der Waals surface area contributed by atoms with E-state index in [0.717, 1.165) is 5.56 Å². The number of benzene rings is 1. The number of amides is 5. The minimum atomic E-state index is -1.29. The van der Waals surface area contributed by atoms with Crippen LogP contribution < -0.4 is 20.7 Å². The zero-order valence-corrected chi connectivity index (χ0v) is 19.1. The molecule has 180 valence electrons. The highest BCUT2D eigenvalue weighted by Crippen LogP contribution is 2.63. The lowest BCUT2D eigenvalue weighted by Crippen LogP contribution is -2.91.